The van der Waals surface area contributed by atoms with Crippen LogP contribution < -0.4 is 10.7 Å². The number of fused-ring (bicyclic) bond motifs is 2. The number of aromatic nitrogens is 3. The molecule has 4 aromatic rings. The van der Waals surface area contributed by atoms with Crippen LogP contribution in [0.15, 0.2) is 41.9 Å². The molecule has 1 aliphatic heterocycles. The molecule has 0 saturated carbocycles. The molecule has 0 spiro atoms. The standard InChI is InChI=1S/C18H17N5OS/c19-23-5-3-12-11-13(1-2-15(12)23)17-20-14-4-10-25-16(14)18(21-17)22-6-8-24-9-7-22/h1-5,10-11H,6-9,19H2. The van der Waals surface area contributed by atoms with Gasteiger partial charge in [-0.15, -0.1) is 11.3 Å². The van der Waals surface area contributed by atoms with Gasteiger partial charge in [0.25, 0.3) is 0 Å². The van der Waals surface area contributed by atoms with Crippen molar-refractivity contribution in [1.82, 2.24) is 14.6 Å². The summed E-state index contributed by atoms with van der Waals surface area (Å²) in [7, 11) is 0. The van der Waals surface area contributed by atoms with E-state index >= 15 is 0 Å². The molecule has 25 heavy (non-hydrogen) atoms. The molecule has 0 aliphatic carbocycles. The number of nitrogens with zero attached hydrogens (tertiary/aromatic N) is 4. The Balaban J connectivity index is 1.66. The zero-order valence-corrected chi connectivity index (χ0v) is 14.4. The second kappa shape index (κ2) is 5.72. The Morgan fingerprint density at radius 3 is 2.84 bits per heavy atom. The number of nitrogens with two attached hydrogens (primary N) is 1. The zero-order chi connectivity index (χ0) is 16.8. The number of thiophene rings is 1. The van der Waals surface area contributed by atoms with Crippen LogP contribution in [0.25, 0.3) is 32.5 Å². The van der Waals surface area contributed by atoms with Crippen LogP contribution >= 0.6 is 11.3 Å². The smallest absolute Gasteiger partial charge is 0.162 e. The van der Waals surface area contributed by atoms with Crippen molar-refractivity contribution in [2.45, 2.75) is 0 Å². The van der Waals surface area contributed by atoms with Gasteiger partial charge in [-0.05, 0) is 35.7 Å². The van der Waals surface area contributed by atoms with Crippen molar-refractivity contribution in [2.75, 3.05) is 37.0 Å². The van der Waals surface area contributed by atoms with Gasteiger partial charge < -0.3 is 15.5 Å². The first kappa shape index (κ1) is 14.7. The highest BCUT2D eigenvalue weighted by molar-refractivity contribution is 7.17. The molecule has 5 rings (SSSR count). The summed E-state index contributed by atoms with van der Waals surface area (Å²) in [4.78, 5) is 12.0. The maximum Gasteiger partial charge on any atom is 0.162 e. The van der Waals surface area contributed by atoms with Crippen molar-refractivity contribution in [3.63, 3.8) is 0 Å². The molecule has 2 N–H and O–H groups in total. The van der Waals surface area contributed by atoms with Crippen molar-refractivity contribution in [3.8, 4) is 11.4 Å². The number of benzene rings is 1. The average molecular weight is 351 g/mol. The van der Waals surface area contributed by atoms with E-state index in [0.29, 0.717) is 0 Å². The summed E-state index contributed by atoms with van der Waals surface area (Å²) in [6.45, 7) is 3.20. The molecule has 7 heteroatoms. The third kappa shape index (κ3) is 2.43. The Hall–Kier alpha value is -2.64. The van der Waals surface area contributed by atoms with Crippen LogP contribution in [-0.4, -0.2) is 40.9 Å². The Kier molecular flexibility index (Phi) is 3.36. The Morgan fingerprint density at radius 1 is 1.08 bits per heavy atom. The maximum absolute atomic E-state index is 5.92. The lowest BCUT2D eigenvalue weighted by molar-refractivity contribution is 0.122. The van der Waals surface area contributed by atoms with E-state index < -0.39 is 0 Å². The fourth-order valence-electron chi connectivity index (χ4n) is 3.27. The third-order valence-electron chi connectivity index (χ3n) is 4.57. The van der Waals surface area contributed by atoms with Crippen LogP contribution in [0.3, 0.4) is 0 Å². The Labute approximate surface area is 148 Å². The van der Waals surface area contributed by atoms with Gasteiger partial charge >= 0.3 is 0 Å². The van der Waals surface area contributed by atoms with E-state index in [1.165, 1.54) is 0 Å². The lowest BCUT2D eigenvalue weighted by Crippen LogP contribution is -2.36. The molecular weight excluding hydrogens is 334 g/mol. The van der Waals surface area contributed by atoms with Gasteiger partial charge in [-0.1, -0.05) is 0 Å². The number of hydrogen-bond acceptors (Lipinski definition) is 6. The molecule has 4 heterocycles. The molecule has 0 radical (unpaired) electrons. The number of nitrogen functional groups attached to an aromatic ring is 1. The number of rotatable bonds is 2. The van der Waals surface area contributed by atoms with Crippen molar-refractivity contribution in [3.05, 3.63) is 41.9 Å². The van der Waals surface area contributed by atoms with Gasteiger partial charge in [0.1, 0.15) is 0 Å². The zero-order valence-electron chi connectivity index (χ0n) is 13.6. The molecule has 0 atom stereocenters. The second-order valence-corrected chi connectivity index (χ2v) is 7.02. The molecule has 0 amide bonds. The Morgan fingerprint density at radius 2 is 1.96 bits per heavy atom. The summed E-state index contributed by atoms with van der Waals surface area (Å²) >= 11 is 1.69. The topological polar surface area (TPSA) is 69.2 Å². The molecular formula is C18H17N5OS. The van der Waals surface area contributed by atoms with E-state index in [-0.39, 0.29) is 0 Å². The van der Waals surface area contributed by atoms with Gasteiger partial charge in [0, 0.05) is 30.2 Å². The van der Waals surface area contributed by atoms with Gasteiger partial charge in [0.15, 0.2) is 11.6 Å². The van der Waals surface area contributed by atoms with E-state index in [4.69, 9.17) is 20.5 Å². The highest BCUT2D eigenvalue weighted by atomic mass is 32.1. The van der Waals surface area contributed by atoms with E-state index in [0.717, 1.165) is 64.6 Å². The molecule has 1 fully saturated rings. The molecule has 126 valence electrons. The molecule has 0 unspecified atom stereocenters. The summed E-state index contributed by atoms with van der Waals surface area (Å²) < 4.78 is 8.25. The molecule has 0 bridgehead atoms. The van der Waals surface area contributed by atoms with Gasteiger partial charge in [-0.2, -0.15) is 0 Å². The fraction of sp³-hybridized carbons (Fsp3) is 0.222. The number of hydrogen-bond donors (Lipinski definition) is 1. The number of anilines is 1. The minimum atomic E-state index is 0.738. The van der Waals surface area contributed by atoms with Crippen LogP contribution in [0.5, 0.6) is 0 Å². The maximum atomic E-state index is 5.92. The predicted molar refractivity (Wildman–Crippen MR) is 102 cm³/mol. The Bertz CT molecular complexity index is 1060. The van der Waals surface area contributed by atoms with E-state index in [2.05, 4.69) is 22.4 Å². The highest BCUT2D eigenvalue weighted by Gasteiger charge is 2.19. The van der Waals surface area contributed by atoms with E-state index in [1.807, 2.05) is 24.4 Å². The van der Waals surface area contributed by atoms with Crippen LogP contribution in [0.4, 0.5) is 5.82 Å². The van der Waals surface area contributed by atoms with Crippen LogP contribution in [0.1, 0.15) is 0 Å². The third-order valence-corrected chi connectivity index (χ3v) is 5.47. The SMILES string of the molecule is Nn1ccc2cc(-c3nc(N4CCOCC4)c4sccc4n3)ccc21. The number of morpholine rings is 1. The summed E-state index contributed by atoms with van der Waals surface area (Å²) in [5.74, 6) is 7.67. The van der Waals surface area contributed by atoms with Gasteiger partial charge in [-0.3, -0.25) is 4.68 Å². The lowest BCUT2D eigenvalue weighted by atomic mass is 10.1. The van der Waals surface area contributed by atoms with E-state index in [1.54, 1.807) is 16.0 Å². The highest BCUT2D eigenvalue weighted by Crippen LogP contribution is 2.32. The van der Waals surface area contributed by atoms with Crippen molar-refractivity contribution >= 4 is 38.3 Å². The molecule has 6 nitrogen and oxygen atoms in total. The van der Waals surface area contributed by atoms with Gasteiger partial charge in [0.05, 0.1) is 28.9 Å². The van der Waals surface area contributed by atoms with Crippen LogP contribution in [0, 0.1) is 0 Å². The lowest BCUT2D eigenvalue weighted by Gasteiger charge is -2.28. The summed E-state index contributed by atoms with van der Waals surface area (Å²) in [6.07, 6.45) is 1.86. The summed E-state index contributed by atoms with van der Waals surface area (Å²) in [5, 5.41) is 3.16. The monoisotopic (exact) mass is 351 g/mol. The molecule has 1 aliphatic rings. The average Bonchev–Trinajstić information content (AvgIpc) is 3.28. The van der Waals surface area contributed by atoms with Crippen LogP contribution in [-0.2, 0) is 4.74 Å². The van der Waals surface area contributed by atoms with Crippen molar-refractivity contribution < 1.29 is 4.74 Å². The normalized spacial score (nSPS) is 15.3. The summed E-state index contributed by atoms with van der Waals surface area (Å²) in [6, 6.07) is 10.2. The first-order valence-electron chi connectivity index (χ1n) is 8.24. The second-order valence-electron chi connectivity index (χ2n) is 6.10. The molecule has 1 saturated heterocycles. The first-order chi connectivity index (χ1) is 12.3. The fourth-order valence-corrected chi connectivity index (χ4v) is 4.12. The minimum absolute atomic E-state index is 0.738. The van der Waals surface area contributed by atoms with Gasteiger partial charge in [0.2, 0.25) is 0 Å². The van der Waals surface area contributed by atoms with Gasteiger partial charge in [-0.25, -0.2) is 9.97 Å². The van der Waals surface area contributed by atoms with E-state index in [9.17, 15) is 0 Å². The quantitative estimate of drug-likeness (QED) is 0.563. The largest absolute Gasteiger partial charge is 0.378 e. The summed E-state index contributed by atoms with van der Waals surface area (Å²) in [5.41, 5.74) is 2.99. The van der Waals surface area contributed by atoms with Crippen molar-refractivity contribution in [2.24, 2.45) is 0 Å². The molecule has 3 aromatic heterocycles. The first-order valence-corrected chi connectivity index (χ1v) is 9.12. The molecule has 1 aromatic carbocycles. The predicted octanol–water partition coefficient (Wildman–Crippen LogP) is 2.86. The van der Waals surface area contributed by atoms with Crippen molar-refractivity contribution in [1.29, 1.82) is 0 Å². The van der Waals surface area contributed by atoms with Crippen LogP contribution in [0.2, 0.25) is 0 Å². The number of ether oxygens (including phenoxy) is 1. The minimum Gasteiger partial charge on any atom is -0.378 e.